The van der Waals surface area contributed by atoms with E-state index in [1.165, 1.54) is 4.90 Å². The Labute approximate surface area is 130 Å². The number of halogens is 2. The highest BCUT2D eigenvalue weighted by molar-refractivity contribution is 9.10. The maximum absolute atomic E-state index is 12.2. The molecule has 1 aliphatic rings. The maximum atomic E-state index is 12.2. The molecule has 1 heterocycles. The van der Waals surface area contributed by atoms with Crippen LogP contribution in [0.25, 0.3) is 0 Å². The molecule has 0 bridgehead atoms. The van der Waals surface area contributed by atoms with Crippen molar-refractivity contribution in [3.05, 3.63) is 27.7 Å². The summed E-state index contributed by atoms with van der Waals surface area (Å²) in [5.41, 5.74) is 0.540. The number of piperidine rings is 1. The molecule has 5 nitrogen and oxygen atoms in total. The van der Waals surface area contributed by atoms with Crippen LogP contribution in [-0.4, -0.2) is 34.6 Å². The van der Waals surface area contributed by atoms with Gasteiger partial charge in [0.25, 0.3) is 0 Å². The number of carbonyl (C=O) groups is 2. The zero-order valence-corrected chi connectivity index (χ0v) is 12.9. The summed E-state index contributed by atoms with van der Waals surface area (Å²) in [6, 6.07) is 3.88. The molecule has 1 fully saturated rings. The van der Waals surface area contributed by atoms with Crippen molar-refractivity contribution in [2.45, 2.75) is 25.3 Å². The standard InChI is InChI=1S/C13H14BrClN2O3/c14-9-5-4-8(7-10(9)15)16-13(20)17-6-2-1-3-11(17)12(18)19/h4-5,7,11H,1-3,6H2,(H,16,20)(H,18,19). The number of aliphatic carboxylic acids is 1. The van der Waals surface area contributed by atoms with Crippen molar-refractivity contribution < 1.29 is 14.7 Å². The lowest BCUT2D eigenvalue weighted by Gasteiger charge is -2.32. The van der Waals surface area contributed by atoms with Crippen molar-refractivity contribution in [1.82, 2.24) is 4.90 Å². The van der Waals surface area contributed by atoms with Crippen LogP contribution < -0.4 is 5.32 Å². The Balaban J connectivity index is 2.09. The summed E-state index contributed by atoms with van der Waals surface area (Å²) < 4.78 is 0.735. The Morgan fingerprint density at radius 2 is 2.15 bits per heavy atom. The molecule has 7 heteroatoms. The van der Waals surface area contributed by atoms with Gasteiger partial charge in [-0.1, -0.05) is 11.6 Å². The van der Waals surface area contributed by atoms with Crippen LogP contribution in [0.4, 0.5) is 10.5 Å². The first-order valence-electron chi connectivity index (χ1n) is 6.24. The SMILES string of the molecule is O=C(O)C1CCCCN1C(=O)Nc1ccc(Br)c(Cl)c1. The zero-order valence-electron chi connectivity index (χ0n) is 10.6. The molecule has 0 spiro atoms. The Morgan fingerprint density at radius 1 is 1.40 bits per heavy atom. The smallest absolute Gasteiger partial charge is 0.326 e. The van der Waals surface area contributed by atoms with E-state index < -0.39 is 18.0 Å². The van der Waals surface area contributed by atoms with Crippen molar-refractivity contribution in [2.75, 3.05) is 11.9 Å². The number of nitrogens with one attached hydrogen (secondary N) is 1. The van der Waals surface area contributed by atoms with Gasteiger partial charge in [0, 0.05) is 16.7 Å². The molecule has 1 aromatic rings. The summed E-state index contributed by atoms with van der Waals surface area (Å²) in [5.74, 6) is -0.964. The van der Waals surface area contributed by atoms with Gasteiger partial charge in [0.1, 0.15) is 6.04 Å². The fourth-order valence-corrected chi connectivity index (χ4v) is 2.63. The Kier molecular flexibility index (Phi) is 4.88. The van der Waals surface area contributed by atoms with E-state index in [2.05, 4.69) is 21.2 Å². The second-order valence-corrected chi connectivity index (χ2v) is 5.86. The minimum Gasteiger partial charge on any atom is -0.480 e. The lowest BCUT2D eigenvalue weighted by molar-refractivity contribution is -0.143. The molecular weight excluding hydrogens is 348 g/mol. The van der Waals surface area contributed by atoms with Crippen LogP contribution in [0.3, 0.4) is 0 Å². The van der Waals surface area contributed by atoms with Gasteiger partial charge in [0.05, 0.1) is 5.02 Å². The third-order valence-corrected chi connectivity index (χ3v) is 4.45. The minimum absolute atomic E-state index is 0.407. The predicted molar refractivity (Wildman–Crippen MR) is 80.2 cm³/mol. The van der Waals surface area contributed by atoms with Gasteiger partial charge in [0.2, 0.25) is 0 Å². The molecule has 0 radical (unpaired) electrons. The van der Waals surface area contributed by atoms with E-state index in [0.29, 0.717) is 23.7 Å². The van der Waals surface area contributed by atoms with Crippen molar-refractivity contribution in [3.63, 3.8) is 0 Å². The Bertz CT molecular complexity index is 538. The molecule has 2 amide bonds. The second kappa shape index (κ2) is 6.45. The van der Waals surface area contributed by atoms with Gasteiger partial charge in [-0.15, -0.1) is 0 Å². The summed E-state index contributed by atoms with van der Waals surface area (Å²) in [5, 5.41) is 12.3. The summed E-state index contributed by atoms with van der Waals surface area (Å²) in [6.45, 7) is 0.451. The monoisotopic (exact) mass is 360 g/mol. The molecule has 1 unspecified atom stereocenters. The van der Waals surface area contributed by atoms with Crippen LogP contribution in [0.15, 0.2) is 22.7 Å². The van der Waals surface area contributed by atoms with Crippen LogP contribution in [0.1, 0.15) is 19.3 Å². The number of benzene rings is 1. The largest absolute Gasteiger partial charge is 0.480 e. The molecule has 1 saturated heterocycles. The zero-order chi connectivity index (χ0) is 14.7. The lowest BCUT2D eigenvalue weighted by atomic mass is 10.0. The van der Waals surface area contributed by atoms with Crippen molar-refractivity contribution in [3.8, 4) is 0 Å². The van der Waals surface area contributed by atoms with Gasteiger partial charge in [-0.3, -0.25) is 0 Å². The Morgan fingerprint density at radius 3 is 2.80 bits per heavy atom. The average molecular weight is 362 g/mol. The first kappa shape index (κ1) is 15.1. The number of carboxylic acids is 1. The van der Waals surface area contributed by atoms with E-state index in [9.17, 15) is 9.59 Å². The third-order valence-electron chi connectivity index (χ3n) is 3.22. The van der Waals surface area contributed by atoms with E-state index in [-0.39, 0.29) is 0 Å². The number of urea groups is 1. The number of carbonyl (C=O) groups excluding carboxylic acids is 1. The van der Waals surface area contributed by atoms with Crippen LogP contribution in [0, 0.1) is 0 Å². The summed E-state index contributed by atoms with van der Waals surface area (Å²) in [4.78, 5) is 24.7. The molecule has 0 aromatic heterocycles. The minimum atomic E-state index is -0.964. The molecule has 1 aliphatic heterocycles. The molecular formula is C13H14BrClN2O3. The van der Waals surface area contributed by atoms with Gasteiger partial charge in [-0.25, -0.2) is 9.59 Å². The highest BCUT2D eigenvalue weighted by Gasteiger charge is 2.31. The predicted octanol–water partition coefficient (Wildman–Crippen LogP) is 3.57. The quantitative estimate of drug-likeness (QED) is 0.846. The fourth-order valence-electron chi connectivity index (χ4n) is 2.20. The van der Waals surface area contributed by atoms with E-state index in [0.717, 1.165) is 17.3 Å². The lowest BCUT2D eigenvalue weighted by Crippen LogP contribution is -2.49. The second-order valence-electron chi connectivity index (χ2n) is 4.60. The molecule has 1 atom stereocenters. The average Bonchev–Trinajstić information content (AvgIpc) is 2.43. The molecule has 0 aliphatic carbocycles. The van der Waals surface area contributed by atoms with Crippen LogP contribution in [0.5, 0.6) is 0 Å². The van der Waals surface area contributed by atoms with Gasteiger partial charge in [-0.05, 0) is 53.4 Å². The molecule has 20 heavy (non-hydrogen) atoms. The molecule has 2 rings (SSSR count). The third kappa shape index (κ3) is 3.43. The molecule has 2 N–H and O–H groups in total. The van der Waals surface area contributed by atoms with Gasteiger partial charge in [-0.2, -0.15) is 0 Å². The van der Waals surface area contributed by atoms with Crippen LogP contribution in [-0.2, 0) is 4.79 Å². The van der Waals surface area contributed by atoms with Gasteiger partial charge >= 0.3 is 12.0 Å². The van der Waals surface area contributed by atoms with Gasteiger partial charge in [0.15, 0.2) is 0 Å². The summed E-state index contributed by atoms with van der Waals surface area (Å²) in [7, 11) is 0. The van der Waals surface area contributed by atoms with E-state index in [1.807, 2.05) is 0 Å². The first-order valence-corrected chi connectivity index (χ1v) is 7.41. The molecule has 1 aromatic carbocycles. The molecule has 0 saturated carbocycles. The van der Waals surface area contributed by atoms with E-state index in [4.69, 9.17) is 16.7 Å². The van der Waals surface area contributed by atoms with Gasteiger partial charge < -0.3 is 15.3 Å². The summed E-state index contributed by atoms with van der Waals surface area (Å²) >= 11 is 9.22. The Hall–Kier alpha value is -1.27. The number of likely N-dealkylation sites (tertiary alicyclic amines) is 1. The normalized spacial score (nSPS) is 18.7. The summed E-state index contributed by atoms with van der Waals surface area (Å²) in [6.07, 6.45) is 2.13. The highest BCUT2D eigenvalue weighted by atomic mass is 79.9. The number of rotatable bonds is 2. The van der Waals surface area contributed by atoms with E-state index >= 15 is 0 Å². The van der Waals surface area contributed by atoms with E-state index in [1.54, 1.807) is 18.2 Å². The maximum Gasteiger partial charge on any atom is 0.326 e. The number of anilines is 1. The van der Waals surface area contributed by atoms with Crippen molar-refractivity contribution in [2.24, 2.45) is 0 Å². The number of hydrogen-bond acceptors (Lipinski definition) is 2. The van der Waals surface area contributed by atoms with Crippen LogP contribution in [0.2, 0.25) is 5.02 Å². The topological polar surface area (TPSA) is 69.6 Å². The number of carboxylic acid groups (broad SMARTS) is 1. The van der Waals surface area contributed by atoms with Crippen molar-refractivity contribution in [1.29, 1.82) is 0 Å². The van der Waals surface area contributed by atoms with Crippen LogP contribution >= 0.6 is 27.5 Å². The molecule has 108 valence electrons. The number of amides is 2. The highest BCUT2D eigenvalue weighted by Crippen LogP contribution is 2.26. The number of hydrogen-bond donors (Lipinski definition) is 2. The van der Waals surface area contributed by atoms with Crippen molar-refractivity contribution >= 4 is 45.2 Å². The number of nitrogens with zero attached hydrogens (tertiary/aromatic N) is 1. The fraction of sp³-hybridized carbons (Fsp3) is 0.385. The first-order chi connectivity index (χ1) is 9.49.